The normalized spacial score (nSPS) is 13.4. The van der Waals surface area contributed by atoms with Crippen LogP contribution in [0.3, 0.4) is 0 Å². The zero-order valence-electron chi connectivity index (χ0n) is 9.81. The van der Waals surface area contributed by atoms with E-state index in [0.717, 1.165) is 17.7 Å². The highest BCUT2D eigenvalue weighted by atomic mass is 19.4. The predicted molar refractivity (Wildman–Crippen MR) is 60.9 cm³/mol. The topological polar surface area (TPSA) is 38.0 Å². The molecule has 1 aromatic rings. The second-order valence-corrected chi connectivity index (χ2v) is 4.12. The number of hydrogen-bond acceptors (Lipinski definition) is 2. The summed E-state index contributed by atoms with van der Waals surface area (Å²) >= 11 is 0. The third-order valence-corrected chi connectivity index (χ3v) is 2.45. The number of rotatable bonds is 4. The molecule has 6 heteroatoms. The molecule has 3 N–H and O–H groups in total. The van der Waals surface area contributed by atoms with Crippen LogP contribution in [0.4, 0.5) is 17.6 Å². The first kappa shape index (κ1) is 14.7. The molecular formula is C12H14F4N2. The van der Waals surface area contributed by atoms with Gasteiger partial charge in [-0.05, 0) is 31.0 Å². The minimum atomic E-state index is -4.72. The predicted octanol–water partition coefficient (Wildman–Crippen LogP) is 3.32. The van der Waals surface area contributed by atoms with Gasteiger partial charge in [0.2, 0.25) is 0 Å². The Morgan fingerprint density at radius 2 is 2.06 bits per heavy atom. The van der Waals surface area contributed by atoms with Gasteiger partial charge in [-0.15, -0.1) is 6.58 Å². The quantitative estimate of drug-likeness (QED) is 0.378. The molecule has 0 aliphatic carbocycles. The maximum absolute atomic E-state index is 13.1. The SMILES string of the molecule is C=C(C)CC(NN)c1ccc(F)c(C(F)(F)F)c1. The second-order valence-electron chi connectivity index (χ2n) is 4.12. The van der Waals surface area contributed by atoms with Gasteiger partial charge < -0.3 is 0 Å². The Hall–Kier alpha value is -1.40. The highest BCUT2D eigenvalue weighted by molar-refractivity contribution is 5.30. The van der Waals surface area contributed by atoms with Gasteiger partial charge in [-0.1, -0.05) is 11.6 Å². The average Bonchev–Trinajstić information content (AvgIpc) is 2.25. The van der Waals surface area contributed by atoms with E-state index in [1.54, 1.807) is 6.92 Å². The Balaban J connectivity index is 3.14. The molecule has 0 saturated carbocycles. The van der Waals surface area contributed by atoms with E-state index in [1.807, 2.05) is 0 Å². The first-order valence-corrected chi connectivity index (χ1v) is 5.23. The maximum atomic E-state index is 13.1. The highest BCUT2D eigenvalue weighted by Gasteiger charge is 2.34. The van der Waals surface area contributed by atoms with Crippen molar-refractivity contribution in [2.45, 2.75) is 25.6 Å². The van der Waals surface area contributed by atoms with Crippen LogP contribution in [0.2, 0.25) is 0 Å². The third kappa shape index (κ3) is 3.54. The number of hydrazine groups is 1. The van der Waals surface area contributed by atoms with E-state index in [4.69, 9.17) is 5.84 Å². The first-order valence-electron chi connectivity index (χ1n) is 5.23. The van der Waals surface area contributed by atoms with Crippen molar-refractivity contribution >= 4 is 0 Å². The Bertz CT molecular complexity index is 440. The van der Waals surface area contributed by atoms with E-state index in [2.05, 4.69) is 12.0 Å². The van der Waals surface area contributed by atoms with Crippen molar-refractivity contribution in [2.24, 2.45) is 5.84 Å². The maximum Gasteiger partial charge on any atom is 0.419 e. The molecule has 0 radical (unpaired) electrons. The van der Waals surface area contributed by atoms with Crippen molar-refractivity contribution in [3.63, 3.8) is 0 Å². The van der Waals surface area contributed by atoms with Gasteiger partial charge in [0.05, 0.1) is 5.56 Å². The van der Waals surface area contributed by atoms with Crippen LogP contribution in [0.5, 0.6) is 0 Å². The highest BCUT2D eigenvalue weighted by Crippen LogP contribution is 2.33. The Morgan fingerprint density at radius 3 is 2.50 bits per heavy atom. The molecule has 0 spiro atoms. The molecular weight excluding hydrogens is 248 g/mol. The third-order valence-electron chi connectivity index (χ3n) is 2.45. The minimum Gasteiger partial charge on any atom is -0.271 e. The molecule has 1 unspecified atom stereocenters. The van der Waals surface area contributed by atoms with Crippen LogP contribution in [-0.2, 0) is 6.18 Å². The number of halogens is 4. The van der Waals surface area contributed by atoms with Gasteiger partial charge in [0.15, 0.2) is 0 Å². The van der Waals surface area contributed by atoms with Crippen LogP contribution < -0.4 is 11.3 Å². The molecule has 18 heavy (non-hydrogen) atoms. The summed E-state index contributed by atoms with van der Waals surface area (Å²) in [6.07, 6.45) is -4.35. The lowest BCUT2D eigenvalue weighted by Gasteiger charge is -2.18. The summed E-state index contributed by atoms with van der Waals surface area (Å²) in [6, 6.07) is 2.31. The minimum absolute atomic E-state index is 0.272. The van der Waals surface area contributed by atoms with E-state index in [0.29, 0.717) is 6.42 Å². The fourth-order valence-electron chi connectivity index (χ4n) is 1.60. The van der Waals surface area contributed by atoms with Gasteiger partial charge in [0, 0.05) is 6.04 Å². The molecule has 1 rings (SSSR count). The summed E-state index contributed by atoms with van der Waals surface area (Å²) in [4.78, 5) is 0. The van der Waals surface area contributed by atoms with Gasteiger partial charge >= 0.3 is 6.18 Å². The molecule has 0 heterocycles. The molecule has 0 saturated heterocycles. The summed E-state index contributed by atoms with van der Waals surface area (Å²) in [5, 5.41) is 0. The van der Waals surface area contributed by atoms with Crippen molar-refractivity contribution in [3.05, 3.63) is 47.3 Å². The molecule has 0 aliphatic rings. The van der Waals surface area contributed by atoms with Crippen LogP contribution in [0.15, 0.2) is 30.4 Å². The summed E-state index contributed by atoms with van der Waals surface area (Å²) in [7, 11) is 0. The molecule has 1 atom stereocenters. The smallest absolute Gasteiger partial charge is 0.271 e. The van der Waals surface area contributed by atoms with Crippen LogP contribution in [-0.4, -0.2) is 0 Å². The molecule has 0 amide bonds. The van der Waals surface area contributed by atoms with Crippen molar-refractivity contribution in [1.29, 1.82) is 0 Å². The number of alkyl halides is 3. The lowest BCUT2D eigenvalue weighted by Crippen LogP contribution is -2.28. The van der Waals surface area contributed by atoms with Crippen molar-refractivity contribution in [1.82, 2.24) is 5.43 Å². The average molecular weight is 262 g/mol. The zero-order valence-corrected chi connectivity index (χ0v) is 9.81. The van der Waals surface area contributed by atoms with Crippen LogP contribution in [0.1, 0.15) is 30.5 Å². The standard InChI is InChI=1S/C12H14F4N2/c1-7(2)5-11(18-17)8-3-4-10(13)9(6-8)12(14,15)16/h3-4,6,11,18H,1,5,17H2,2H3. The lowest BCUT2D eigenvalue weighted by molar-refractivity contribution is -0.140. The molecule has 100 valence electrons. The van der Waals surface area contributed by atoms with Gasteiger partial charge in [-0.3, -0.25) is 11.3 Å². The van der Waals surface area contributed by atoms with Crippen molar-refractivity contribution in [2.75, 3.05) is 0 Å². The van der Waals surface area contributed by atoms with Crippen molar-refractivity contribution < 1.29 is 17.6 Å². The Kier molecular flexibility index (Phi) is 4.48. The fourth-order valence-corrected chi connectivity index (χ4v) is 1.60. The van der Waals surface area contributed by atoms with Gasteiger partial charge in [0.25, 0.3) is 0 Å². The largest absolute Gasteiger partial charge is 0.419 e. The van der Waals surface area contributed by atoms with Crippen molar-refractivity contribution in [3.8, 4) is 0 Å². The number of benzene rings is 1. The van der Waals surface area contributed by atoms with Crippen LogP contribution in [0, 0.1) is 5.82 Å². The summed E-state index contributed by atoms with van der Waals surface area (Å²) < 4.78 is 50.8. The Labute approximate surface area is 102 Å². The number of nitrogens with one attached hydrogen (secondary N) is 1. The molecule has 2 nitrogen and oxygen atoms in total. The van der Waals surface area contributed by atoms with Crippen LogP contribution in [0.25, 0.3) is 0 Å². The van der Waals surface area contributed by atoms with Gasteiger partial charge in [-0.2, -0.15) is 13.2 Å². The summed E-state index contributed by atoms with van der Waals surface area (Å²) in [6.45, 7) is 5.40. The fraction of sp³-hybridized carbons (Fsp3) is 0.333. The zero-order chi connectivity index (χ0) is 13.9. The lowest BCUT2D eigenvalue weighted by atomic mass is 9.98. The van der Waals surface area contributed by atoms with E-state index >= 15 is 0 Å². The first-order chi connectivity index (χ1) is 8.25. The van der Waals surface area contributed by atoms with Crippen LogP contribution >= 0.6 is 0 Å². The van der Waals surface area contributed by atoms with Gasteiger partial charge in [-0.25, -0.2) is 4.39 Å². The number of hydrogen-bond donors (Lipinski definition) is 2. The van der Waals surface area contributed by atoms with E-state index in [1.165, 1.54) is 6.07 Å². The van der Waals surface area contributed by atoms with E-state index in [-0.39, 0.29) is 5.56 Å². The molecule has 0 bridgehead atoms. The summed E-state index contributed by atoms with van der Waals surface area (Å²) in [5.74, 6) is 3.99. The Morgan fingerprint density at radius 1 is 1.44 bits per heavy atom. The van der Waals surface area contributed by atoms with Gasteiger partial charge in [0.1, 0.15) is 5.82 Å². The molecule has 0 aromatic heterocycles. The summed E-state index contributed by atoms with van der Waals surface area (Å²) in [5.41, 5.74) is 2.14. The molecule has 0 aliphatic heterocycles. The monoisotopic (exact) mass is 262 g/mol. The molecule has 0 fully saturated rings. The molecule has 1 aromatic carbocycles. The van der Waals surface area contributed by atoms with E-state index < -0.39 is 23.6 Å². The second kappa shape index (κ2) is 5.49. The number of nitrogens with two attached hydrogens (primary N) is 1. The van der Waals surface area contributed by atoms with E-state index in [9.17, 15) is 17.6 Å².